The average molecular weight is 509 g/mol. The van der Waals surface area contributed by atoms with E-state index in [1.54, 1.807) is 0 Å². The van der Waals surface area contributed by atoms with Crippen LogP contribution in [0.15, 0.2) is 36.7 Å². The third-order valence-electron chi connectivity index (χ3n) is 8.56. The highest BCUT2D eigenvalue weighted by atomic mass is 16.5. The van der Waals surface area contributed by atoms with Gasteiger partial charge in [-0.3, -0.25) is 0 Å². The minimum absolute atomic E-state index is 0.293. The molecule has 8 nitrogen and oxygen atoms in total. The van der Waals surface area contributed by atoms with Gasteiger partial charge in [-0.25, -0.2) is 9.97 Å². The van der Waals surface area contributed by atoms with E-state index in [9.17, 15) is 0 Å². The fraction of sp³-hybridized carbons (Fsp3) is 0.400. The van der Waals surface area contributed by atoms with Gasteiger partial charge in [0.05, 0.1) is 35.9 Å². The van der Waals surface area contributed by atoms with E-state index in [2.05, 4.69) is 58.7 Å². The van der Waals surface area contributed by atoms with Crippen molar-refractivity contribution in [2.45, 2.75) is 52.0 Å². The third-order valence-corrected chi connectivity index (χ3v) is 8.56. The molecule has 0 amide bonds. The van der Waals surface area contributed by atoms with Crippen molar-refractivity contribution in [3.8, 4) is 45.1 Å². The molecule has 2 fully saturated rings. The van der Waals surface area contributed by atoms with Crippen LogP contribution in [0.4, 0.5) is 0 Å². The van der Waals surface area contributed by atoms with Gasteiger partial charge in [-0.1, -0.05) is 13.8 Å². The lowest BCUT2D eigenvalue weighted by Gasteiger charge is -2.30. The number of benzene rings is 2. The molecule has 194 valence electrons. The Kier molecular flexibility index (Phi) is 4.97. The molecule has 0 bridgehead atoms. The zero-order valence-electron chi connectivity index (χ0n) is 21.7. The van der Waals surface area contributed by atoms with Crippen molar-refractivity contribution >= 4 is 0 Å². The van der Waals surface area contributed by atoms with E-state index in [4.69, 9.17) is 19.4 Å². The van der Waals surface area contributed by atoms with E-state index in [0.29, 0.717) is 37.1 Å². The number of ether oxygens (including phenoxy) is 2. The number of hydrogen-bond acceptors (Lipinski definition) is 6. The molecule has 0 spiro atoms. The van der Waals surface area contributed by atoms with E-state index < -0.39 is 0 Å². The number of hydrogen-bond donors (Lipinski definition) is 4. The molecule has 2 aromatic heterocycles. The number of rotatable bonds is 4. The lowest BCUT2D eigenvalue weighted by Crippen LogP contribution is -2.15. The summed E-state index contributed by atoms with van der Waals surface area (Å²) in [7, 11) is 0. The molecule has 4 N–H and O–H groups in total. The molecule has 2 aromatic carbocycles. The zero-order chi connectivity index (χ0) is 25.4. The van der Waals surface area contributed by atoms with Crippen LogP contribution in [0.25, 0.3) is 33.6 Å². The second kappa shape index (κ2) is 8.44. The molecule has 4 atom stereocenters. The molecule has 4 aliphatic heterocycles. The topological polar surface area (TPSA) is 99.9 Å². The van der Waals surface area contributed by atoms with Gasteiger partial charge < -0.3 is 30.1 Å². The first-order valence-corrected chi connectivity index (χ1v) is 13.8. The quantitative estimate of drug-likeness (QED) is 0.300. The van der Waals surface area contributed by atoms with E-state index >= 15 is 0 Å². The Bertz CT molecular complexity index is 1390. The summed E-state index contributed by atoms with van der Waals surface area (Å²) in [4.78, 5) is 16.5. The van der Waals surface area contributed by atoms with Crippen molar-refractivity contribution in [2.75, 3.05) is 13.1 Å². The van der Waals surface area contributed by atoms with Crippen LogP contribution in [-0.2, 0) is 13.2 Å². The Morgan fingerprint density at radius 1 is 0.684 bits per heavy atom. The SMILES string of the molecule is CC1CNC(c2ncc(-c3cc4c5c(c3)OCc3cc(-c6cnc(C7CC(C)CN7)[nH]6)cc(c3-5)OC4)[nH]2)C1. The third kappa shape index (κ3) is 3.58. The fourth-order valence-electron chi connectivity index (χ4n) is 6.55. The molecular weight excluding hydrogens is 476 g/mol. The molecule has 8 heteroatoms. The summed E-state index contributed by atoms with van der Waals surface area (Å²) in [5.41, 5.74) is 8.78. The fourth-order valence-corrected chi connectivity index (χ4v) is 6.55. The van der Waals surface area contributed by atoms with Crippen LogP contribution in [0.3, 0.4) is 0 Å². The maximum atomic E-state index is 6.35. The summed E-state index contributed by atoms with van der Waals surface area (Å²) in [5, 5.41) is 7.13. The normalized spacial score (nSPS) is 25.2. The van der Waals surface area contributed by atoms with Crippen molar-refractivity contribution < 1.29 is 9.47 Å². The average Bonchev–Trinajstić information content (AvgIpc) is 3.74. The highest BCUT2D eigenvalue weighted by Gasteiger charge is 2.31. The van der Waals surface area contributed by atoms with Gasteiger partial charge in [0.2, 0.25) is 0 Å². The molecule has 4 aliphatic rings. The second-order valence-corrected chi connectivity index (χ2v) is 11.6. The predicted molar refractivity (Wildman–Crippen MR) is 145 cm³/mol. The van der Waals surface area contributed by atoms with Crippen molar-refractivity contribution in [3.05, 3.63) is 59.4 Å². The van der Waals surface area contributed by atoms with Crippen LogP contribution >= 0.6 is 0 Å². The number of H-pyrrole nitrogens is 2. The monoisotopic (exact) mass is 508 g/mol. The molecule has 8 rings (SSSR count). The molecule has 0 radical (unpaired) electrons. The summed E-state index contributed by atoms with van der Waals surface area (Å²) < 4.78 is 12.7. The Labute approximate surface area is 221 Å². The molecule has 4 unspecified atom stereocenters. The molecule has 0 aliphatic carbocycles. The van der Waals surface area contributed by atoms with Gasteiger partial charge in [-0.15, -0.1) is 0 Å². The lowest BCUT2D eigenvalue weighted by molar-refractivity contribution is 0.278. The molecular formula is C30H32N6O2. The Balaban J connectivity index is 1.12. The minimum atomic E-state index is 0.293. The predicted octanol–water partition coefficient (Wildman–Crippen LogP) is 5.26. The molecule has 4 aromatic rings. The molecule has 2 saturated heterocycles. The largest absolute Gasteiger partial charge is 0.488 e. The van der Waals surface area contributed by atoms with Gasteiger partial charge >= 0.3 is 0 Å². The molecule has 38 heavy (non-hydrogen) atoms. The van der Waals surface area contributed by atoms with Gasteiger partial charge in [-0.05, 0) is 62.0 Å². The van der Waals surface area contributed by atoms with Crippen molar-refractivity contribution in [3.63, 3.8) is 0 Å². The molecule has 0 saturated carbocycles. The van der Waals surface area contributed by atoms with Gasteiger partial charge in [0.15, 0.2) is 0 Å². The maximum Gasteiger partial charge on any atom is 0.128 e. The van der Waals surface area contributed by atoms with E-state index in [1.807, 2.05) is 12.4 Å². The van der Waals surface area contributed by atoms with Gasteiger partial charge in [0.1, 0.15) is 36.4 Å². The highest BCUT2D eigenvalue weighted by molar-refractivity contribution is 5.88. The summed E-state index contributed by atoms with van der Waals surface area (Å²) in [6.07, 6.45) is 6.09. The second-order valence-electron chi connectivity index (χ2n) is 11.6. The van der Waals surface area contributed by atoms with Crippen molar-refractivity contribution in [2.24, 2.45) is 11.8 Å². The Morgan fingerprint density at radius 3 is 1.58 bits per heavy atom. The standard InChI is InChI=1S/C30H32N6O2/c1-15-3-21(31-9-15)29-33-11-23(35-29)17-5-19-13-38-26-8-18(6-20-14-37-25(7-17)27(19)28(20)26)24-12-34-30(36-24)22-4-16(2)10-32-22/h5-8,11-12,15-16,21-22,31-32H,3-4,9-10,13-14H2,1-2H3,(H,33,35)(H,34,36). The van der Waals surface area contributed by atoms with Crippen molar-refractivity contribution in [1.29, 1.82) is 0 Å². The first kappa shape index (κ1) is 22.4. The number of nitrogens with zero attached hydrogens (tertiary/aromatic N) is 2. The lowest BCUT2D eigenvalue weighted by atomic mass is 9.87. The number of nitrogens with one attached hydrogen (secondary N) is 4. The summed E-state index contributed by atoms with van der Waals surface area (Å²) in [6, 6.07) is 9.30. The summed E-state index contributed by atoms with van der Waals surface area (Å²) in [5.74, 6) is 5.19. The smallest absolute Gasteiger partial charge is 0.128 e. The van der Waals surface area contributed by atoms with Crippen LogP contribution in [-0.4, -0.2) is 33.0 Å². The number of imidazole rings is 2. The van der Waals surface area contributed by atoms with Crippen LogP contribution in [0, 0.1) is 11.8 Å². The van der Waals surface area contributed by atoms with Gasteiger partial charge in [0.25, 0.3) is 0 Å². The van der Waals surface area contributed by atoms with E-state index in [0.717, 1.165) is 93.8 Å². The van der Waals surface area contributed by atoms with Gasteiger partial charge in [0, 0.05) is 33.4 Å². The van der Waals surface area contributed by atoms with E-state index in [-0.39, 0.29) is 0 Å². The first-order chi connectivity index (χ1) is 18.6. The summed E-state index contributed by atoms with van der Waals surface area (Å²) >= 11 is 0. The molecule has 6 heterocycles. The Hall–Kier alpha value is -3.62. The Morgan fingerprint density at radius 2 is 1.16 bits per heavy atom. The van der Waals surface area contributed by atoms with E-state index in [1.165, 1.54) is 0 Å². The maximum absolute atomic E-state index is 6.35. The zero-order valence-corrected chi connectivity index (χ0v) is 21.7. The minimum Gasteiger partial charge on any atom is -0.488 e. The van der Waals surface area contributed by atoms with Gasteiger partial charge in [-0.2, -0.15) is 0 Å². The van der Waals surface area contributed by atoms with Crippen LogP contribution in [0.2, 0.25) is 0 Å². The summed E-state index contributed by atoms with van der Waals surface area (Å²) in [6.45, 7) is 7.65. The first-order valence-electron chi connectivity index (χ1n) is 13.8. The van der Waals surface area contributed by atoms with Crippen molar-refractivity contribution in [1.82, 2.24) is 30.6 Å². The number of aromatic amines is 2. The van der Waals surface area contributed by atoms with Crippen LogP contribution in [0.5, 0.6) is 11.5 Å². The van der Waals surface area contributed by atoms with Crippen LogP contribution in [0.1, 0.15) is 61.5 Å². The number of aromatic nitrogens is 4. The van der Waals surface area contributed by atoms with Crippen LogP contribution < -0.4 is 20.1 Å². The highest BCUT2D eigenvalue weighted by Crippen LogP contribution is 2.50.